The number of hydrogen-bond donors (Lipinski definition) is 2. The van der Waals surface area contributed by atoms with Crippen LogP contribution in [-0.2, 0) is 4.74 Å². The molecule has 18 heavy (non-hydrogen) atoms. The van der Waals surface area contributed by atoms with Crippen LogP contribution in [0.3, 0.4) is 0 Å². The molecular weight excluding hydrogens is 232 g/mol. The number of carbonyl (C=O) groups excluding carboxylic acids is 1. The van der Waals surface area contributed by atoms with Crippen LogP contribution in [0.4, 0.5) is 0 Å². The van der Waals surface area contributed by atoms with Gasteiger partial charge in [-0.15, -0.1) is 0 Å². The van der Waals surface area contributed by atoms with Gasteiger partial charge in [0.15, 0.2) is 0 Å². The van der Waals surface area contributed by atoms with Crippen LogP contribution in [0, 0.1) is 5.92 Å². The highest BCUT2D eigenvalue weighted by Gasteiger charge is 2.27. The highest BCUT2D eigenvalue weighted by molar-refractivity contribution is 5.96. The van der Waals surface area contributed by atoms with Crippen LogP contribution in [0.2, 0.25) is 0 Å². The summed E-state index contributed by atoms with van der Waals surface area (Å²) in [5, 5.41) is 12.4. The Morgan fingerprint density at radius 2 is 2.50 bits per heavy atom. The molecule has 98 valence electrons. The number of pyridine rings is 1. The minimum Gasteiger partial charge on any atom is -0.505 e. The molecule has 2 N–H and O–H groups in total. The molecule has 1 aliphatic rings. The topological polar surface area (TPSA) is 71.5 Å². The first-order valence-electron chi connectivity index (χ1n) is 6.25. The average molecular weight is 250 g/mol. The number of carbonyl (C=O) groups is 1. The average Bonchev–Trinajstić information content (AvgIpc) is 2.84. The van der Waals surface area contributed by atoms with Gasteiger partial charge in [0.25, 0.3) is 5.91 Å². The standard InChI is InChI=1S/C13H18N2O3/c1-2-12-9(4-6-18-12)7-15-13(17)10-3-5-14-8-11(10)16/h3,5,8-9,12,16H,2,4,6-7H2,1H3,(H,15,17). The third kappa shape index (κ3) is 2.79. The lowest BCUT2D eigenvalue weighted by Crippen LogP contribution is -2.32. The predicted molar refractivity (Wildman–Crippen MR) is 66.4 cm³/mol. The summed E-state index contributed by atoms with van der Waals surface area (Å²) in [6.07, 6.45) is 4.92. The van der Waals surface area contributed by atoms with Gasteiger partial charge in [0.1, 0.15) is 5.75 Å². The van der Waals surface area contributed by atoms with Gasteiger partial charge >= 0.3 is 0 Å². The van der Waals surface area contributed by atoms with Crippen LogP contribution in [-0.4, -0.2) is 35.3 Å². The molecular formula is C13H18N2O3. The molecule has 0 bridgehead atoms. The molecule has 1 amide bonds. The van der Waals surface area contributed by atoms with Crippen LogP contribution in [0.25, 0.3) is 0 Å². The van der Waals surface area contributed by atoms with E-state index in [1.165, 1.54) is 18.5 Å². The van der Waals surface area contributed by atoms with E-state index < -0.39 is 0 Å². The lowest BCUT2D eigenvalue weighted by Gasteiger charge is -2.17. The van der Waals surface area contributed by atoms with Gasteiger partial charge in [-0.25, -0.2) is 0 Å². The first-order chi connectivity index (χ1) is 8.72. The second-order valence-corrected chi connectivity index (χ2v) is 4.47. The summed E-state index contributed by atoms with van der Waals surface area (Å²) >= 11 is 0. The maximum atomic E-state index is 11.9. The third-order valence-electron chi connectivity index (χ3n) is 3.32. The zero-order valence-electron chi connectivity index (χ0n) is 10.4. The number of hydrogen-bond acceptors (Lipinski definition) is 4. The van der Waals surface area contributed by atoms with Crippen LogP contribution < -0.4 is 5.32 Å². The second kappa shape index (κ2) is 5.82. The molecule has 0 aromatic carbocycles. The smallest absolute Gasteiger partial charge is 0.255 e. The van der Waals surface area contributed by atoms with Crippen LogP contribution in [0.15, 0.2) is 18.5 Å². The van der Waals surface area contributed by atoms with Crippen molar-refractivity contribution >= 4 is 5.91 Å². The summed E-state index contributed by atoms with van der Waals surface area (Å²) in [5.74, 6) is 0.00398. The summed E-state index contributed by atoms with van der Waals surface area (Å²) in [4.78, 5) is 15.6. The molecule has 1 aromatic heterocycles. The zero-order valence-corrected chi connectivity index (χ0v) is 10.4. The quantitative estimate of drug-likeness (QED) is 0.845. The van der Waals surface area contributed by atoms with E-state index in [4.69, 9.17) is 4.74 Å². The molecule has 2 rings (SSSR count). The Morgan fingerprint density at radius 3 is 3.22 bits per heavy atom. The van der Waals surface area contributed by atoms with Crippen LogP contribution >= 0.6 is 0 Å². The van der Waals surface area contributed by atoms with Crippen molar-refractivity contribution in [2.24, 2.45) is 5.92 Å². The molecule has 2 atom stereocenters. The SMILES string of the molecule is CCC1OCCC1CNC(=O)c1ccncc1O. The van der Waals surface area contributed by atoms with Gasteiger partial charge in [-0.1, -0.05) is 6.92 Å². The van der Waals surface area contributed by atoms with Gasteiger partial charge in [0.2, 0.25) is 0 Å². The van der Waals surface area contributed by atoms with E-state index in [9.17, 15) is 9.90 Å². The van der Waals surface area contributed by atoms with Crippen LogP contribution in [0.5, 0.6) is 5.75 Å². The molecule has 1 aromatic rings. The number of amides is 1. The Hall–Kier alpha value is -1.62. The lowest BCUT2D eigenvalue weighted by molar-refractivity contribution is 0.0826. The fourth-order valence-electron chi connectivity index (χ4n) is 2.27. The van der Waals surface area contributed by atoms with E-state index in [1.807, 2.05) is 0 Å². The fourth-order valence-corrected chi connectivity index (χ4v) is 2.27. The van der Waals surface area contributed by atoms with E-state index >= 15 is 0 Å². The summed E-state index contributed by atoms with van der Waals surface area (Å²) < 4.78 is 5.57. The van der Waals surface area contributed by atoms with E-state index in [-0.39, 0.29) is 23.3 Å². The highest BCUT2D eigenvalue weighted by Crippen LogP contribution is 2.22. The van der Waals surface area contributed by atoms with Crippen molar-refractivity contribution in [2.75, 3.05) is 13.2 Å². The van der Waals surface area contributed by atoms with Gasteiger partial charge in [0, 0.05) is 25.3 Å². The highest BCUT2D eigenvalue weighted by atomic mass is 16.5. The third-order valence-corrected chi connectivity index (χ3v) is 3.32. The molecule has 2 heterocycles. The molecule has 0 aliphatic carbocycles. The van der Waals surface area contributed by atoms with Crippen molar-refractivity contribution in [3.05, 3.63) is 24.0 Å². The zero-order chi connectivity index (χ0) is 13.0. The molecule has 1 aliphatic heterocycles. The first-order valence-corrected chi connectivity index (χ1v) is 6.25. The van der Waals surface area contributed by atoms with Gasteiger partial charge in [-0.05, 0) is 18.9 Å². The van der Waals surface area contributed by atoms with Crippen molar-refractivity contribution in [1.82, 2.24) is 10.3 Å². The number of aromatic nitrogens is 1. The molecule has 2 unspecified atom stereocenters. The van der Waals surface area contributed by atoms with Gasteiger partial charge in [0.05, 0.1) is 17.9 Å². The fraction of sp³-hybridized carbons (Fsp3) is 0.538. The van der Waals surface area contributed by atoms with Crippen molar-refractivity contribution < 1.29 is 14.6 Å². The summed E-state index contributed by atoms with van der Waals surface area (Å²) in [6.45, 7) is 3.43. The van der Waals surface area contributed by atoms with E-state index in [0.717, 1.165) is 19.4 Å². The molecule has 0 radical (unpaired) electrons. The Kier molecular flexibility index (Phi) is 4.15. The van der Waals surface area contributed by atoms with E-state index in [2.05, 4.69) is 17.2 Å². The number of nitrogens with zero attached hydrogens (tertiary/aromatic N) is 1. The number of aromatic hydroxyl groups is 1. The maximum Gasteiger partial charge on any atom is 0.255 e. The first kappa shape index (κ1) is 12.8. The van der Waals surface area contributed by atoms with E-state index in [1.54, 1.807) is 0 Å². The van der Waals surface area contributed by atoms with Gasteiger partial charge in [-0.2, -0.15) is 0 Å². The molecule has 1 saturated heterocycles. The normalized spacial score (nSPS) is 22.9. The number of ether oxygens (including phenoxy) is 1. The summed E-state index contributed by atoms with van der Waals surface area (Å²) in [6, 6.07) is 1.51. The predicted octanol–water partition coefficient (Wildman–Crippen LogP) is 1.33. The van der Waals surface area contributed by atoms with Crippen molar-refractivity contribution in [3.8, 4) is 5.75 Å². The molecule has 1 fully saturated rings. The molecule has 0 saturated carbocycles. The molecule has 5 nitrogen and oxygen atoms in total. The Bertz CT molecular complexity index is 422. The minimum atomic E-state index is -0.267. The minimum absolute atomic E-state index is 0.0929. The largest absolute Gasteiger partial charge is 0.505 e. The summed E-state index contributed by atoms with van der Waals surface area (Å²) in [7, 11) is 0. The van der Waals surface area contributed by atoms with E-state index in [0.29, 0.717) is 12.5 Å². The van der Waals surface area contributed by atoms with Crippen LogP contribution in [0.1, 0.15) is 30.1 Å². The Morgan fingerprint density at radius 1 is 1.67 bits per heavy atom. The second-order valence-electron chi connectivity index (χ2n) is 4.47. The molecule has 0 spiro atoms. The van der Waals surface area contributed by atoms with Crippen molar-refractivity contribution in [3.63, 3.8) is 0 Å². The van der Waals surface area contributed by atoms with Crippen molar-refractivity contribution in [2.45, 2.75) is 25.9 Å². The summed E-state index contributed by atoms with van der Waals surface area (Å²) in [5.41, 5.74) is 0.261. The van der Waals surface area contributed by atoms with Crippen molar-refractivity contribution in [1.29, 1.82) is 0 Å². The molecule has 5 heteroatoms. The maximum absolute atomic E-state index is 11.9. The van der Waals surface area contributed by atoms with Gasteiger partial charge < -0.3 is 15.2 Å². The monoisotopic (exact) mass is 250 g/mol. The Balaban J connectivity index is 1.91. The Labute approximate surface area is 106 Å². The number of nitrogens with one attached hydrogen (secondary N) is 1. The lowest BCUT2D eigenvalue weighted by atomic mass is 9.99. The van der Waals surface area contributed by atoms with Gasteiger partial charge in [-0.3, -0.25) is 9.78 Å². The number of rotatable bonds is 4.